The zero-order valence-corrected chi connectivity index (χ0v) is 11.9. The molecule has 0 N–H and O–H groups in total. The van der Waals surface area contributed by atoms with Gasteiger partial charge in [0.1, 0.15) is 0 Å². The third-order valence-corrected chi connectivity index (χ3v) is 3.65. The van der Waals surface area contributed by atoms with E-state index in [1.54, 1.807) is 0 Å². The van der Waals surface area contributed by atoms with E-state index < -0.39 is 5.41 Å². The Morgan fingerprint density at radius 2 is 1.89 bits per heavy atom. The molecule has 0 aromatic heterocycles. The van der Waals surface area contributed by atoms with Gasteiger partial charge in [-0.15, -0.1) is 0 Å². The smallest absolute Gasteiger partial charge is 0.316 e. The second-order valence-corrected chi connectivity index (χ2v) is 5.23. The van der Waals surface area contributed by atoms with Gasteiger partial charge >= 0.3 is 5.97 Å². The van der Waals surface area contributed by atoms with Crippen LogP contribution in [0.2, 0.25) is 0 Å². The van der Waals surface area contributed by atoms with E-state index in [0.717, 1.165) is 24.8 Å². The minimum atomic E-state index is -0.486. The van der Waals surface area contributed by atoms with Gasteiger partial charge < -0.3 is 4.74 Å². The minimum absolute atomic E-state index is 0.114. The fraction of sp³-hybridized carbons (Fsp3) is 0.562. The SMILES string of the molecule is CCC(CCC(C)C)(C(=O)OC)c1ccccc1. The average molecular weight is 248 g/mol. The number of ether oxygens (including phenoxy) is 1. The molecule has 0 bridgehead atoms. The van der Waals surface area contributed by atoms with Crippen molar-refractivity contribution in [2.45, 2.75) is 45.4 Å². The van der Waals surface area contributed by atoms with E-state index in [-0.39, 0.29) is 5.97 Å². The Morgan fingerprint density at radius 3 is 2.33 bits per heavy atom. The summed E-state index contributed by atoms with van der Waals surface area (Å²) < 4.78 is 5.05. The largest absolute Gasteiger partial charge is 0.468 e. The lowest BCUT2D eigenvalue weighted by molar-refractivity contribution is -0.148. The molecular formula is C16H24O2. The van der Waals surface area contributed by atoms with Crippen LogP contribution in [0.1, 0.15) is 45.6 Å². The summed E-state index contributed by atoms with van der Waals surface area (Å²) in [6.07, 6.45) is 2.64. The second kappa shape index (κ2) is 6.58. The van der Waals surface area contributed by atoms with Crippen molar-refractivity contribution in [3.8, 4) is 0 Å². The Kier molecular flexibility index (Phi) is 5.39. The van der Waals surface area contributed by atoms with Crippen LogP contribution in [0, 0.1) is 5.92 Å². The first-order valence-corrected chi connectivity index (χ1v) is 6.70. The fourth-order valence-electron chi connectivity index (χ4n) is 2.38. The molecule has 0 aliphatic heterocycles. The lowest BCUT2D eigenvalue weighted by Gasteiger charge is -2.31. The molecular weight excluding hydrogens is 224 g/mol. The third kappa shape index (κ3) is 3.12. The molecule has 1 rings (SSSR count). The number of rotatable bonds is 6. The third-order valence-electron chi connectivity index (χ3n) is 3.65. The maximum absolute atomic E-state index is 12.3. The molecule has 100 valence electrons. The van der Waals surface area contributed by atoms with Gasteiger partial charge in [-0.05, 0) is 30.7 Å². The van der Waals surface area contributed by atoms with Gasteiger partial charge in [-0.2, -0.15) is 0 Å². The van der Waals surface area contributed by atoms with Crippen LogP contribution in [0.15, 0.2) is 30.3 Å². The van der Waals surface area contributed by atoms with Crippen molar-refractivity contribution in [1.29, 1.82) is 0 Å². The monoisotopic (exact) mass is 248 g/mol. The lowest BCUT2D eigenvalue weighted by Crippen LogP contribution is -2.36. The maximum atomic E-state index is 12.3. The van der Waals surface area contributed by atoms with Crippen molar-refractivity contribution in [2.75, 3.05) is 7.11 Å². The maximum Gasteiger partial charge on any atom is 0.316 e. The molecule has 0 amide bonds. The van der Waals surface area contributed by atoms with Crippen LogP contribution in [-0.4, -0.2) is 13.1 Å². The Hall–Kier alpha value is -1.31. The van der Waals surface area contributed by atoms with Gasteiger partial charge in [0.15, 0.2) is 0 Å². The summed E-state index contributed by atoms with van der Waals surface area (Å²) in [5.74, 6) is 0.473. The van der Waals surface area contributed by atoms with Crippen molar-refractivity contribution in [2.24, 2.45) is 5.92 Å². The highest BCUT2D eigenvalue weighted by Crippen LogP contribution is 2.35. The highest BCUT2D eigenvalue weighted by molar-refractivity contribution is 5.83. The van der Waals surface area contributed by atoms with E-state index >= 15 is 0 Å². The van der Waals surface area contributed by atoms with Crippen molar-refractivity contribution >= 4 is 5.97 Å². The molecule has 18 heavy (non-hydrogen) atoms. The number of hydrogen-bond acceptors (Lipinski definition) is 2. The molecule has 0 aliphatic rings. The standard InChI is InChI=1S/C16H24O2/c1-5-16(15(17)18-4,12-11-13(2)3)14-9-7-6-8-10-14/h6-10,13H,5,11-12H2,1-4H3. The first-order chi connectivity index (χ1) is 8.56. The summed E-state index contributed by atoms with van der Waals surface area (Å²) in [7, 11) is 1.48. The molecule has 2 heteroatoms. The molecule has 0 radical (unpaired) electrons. The quantitative estimate of drug-likeness (QED) is 0.713. The van der Waals surface area contributed by atoms with Gasteiger partial charge in [0, 0.05) is 0 Å². The molecule has 0 heterocycles. The molecule has 2 nitrogen and oxygen atoms in total. The van der Waals surface area contributed by atoms with Crippen LogP contribution in [-0.2, 0) is 14.9 Å². The van der Waals surface area contributed by atoms with Crippen molar-refractivity contribution in [3.63, 3.8) is 0 Å². The van der Waals surface area contributed by atoms with Crippen LogP contribution < -0.4 is 0 Å². The Balaban J connectivity index is 3.10. The normalized spacial score (nSPS) is 14.3. The summed E-state index contributed by atoms with van der Waals surface area (Å²) in [6.45, 7) is 6.43. The number of hydrogen-bond donors (Lipinski definition) is 0. The van der Waals surface area contributed by atoms with Gasteiger partial charge in [0.05, 0.1) is 12.5 Å². The molecule has 1 aromatic carbocycles. The number of benzene rings is 1. The van der Waals surface area contributed by atoms with E-state index in [9.17, 15) is 4.79 Å². The predicted molar refractivity (Wildman–Crippen MR) is 74.5 cm³/mol. The highest BCUT2D eigenvalue weighted by atomic mass is 16.5. The molecule has 0 saturated carbocycles. The van der Waals surface area contributed by atoms with Gasteiger partial charge in [0.25, 0.3) is 0 Å². The molecule has 0 saturated heterocycles. The summed E-state index contributed by atoms with van der Waals surface area (Å²) in [5.41, 5.74) is 0.584. The number of carbonyl (C=O) groups is 1. The Morgan fingerprint density at radius 1 is 1.28 bits per heavy atom. The Labute approximate surface area is 110 Å². The second-order valence-electron chi connectivity index (χ2n) is 5.23. The summed E-state index contributed by atoms with van der Waals surface area (Å²) in [6, 6.07) is 10.0. The zero-order chi connectivity index (χ0) is 13.6. The topological polar surface area (TPSA) is 26.3 Å². The number of methoxy groups -OCH3 is 1. The van der Waals surface area contributed by atoms with Gasteiger partial charge in [0.2, 0.25) is 0 Å². The highest BCUT2D eigenvalue weighted by Gasteiger charge is 2.39. The molecule has 0 spiro atoms. The van der Waals surface area contributed by atoms with Crippen LogP contribution in [0.3, 0.4) is 0 Å². The number of carbonyl (C=O) groups excluding carboxylic acids is 1. The molecule has 0 fully saturated rings. The first-order valence-electron chi connectivity index (χ1n) is 6.70. The van der Waals surface area contributed by atoms with E-state index in [1.165, 1.54) is 7.11 Å². The fourth-order valence-corrected chi connectivity index (χ4v) is 2.38. The van der Waals surface area contributed by atoms with Crippen LogP contribution in [0.4, 0.5) is 0 Å². The van der Waals surface area contributed by atoms with E-state index in [2.05, 4.69) is 20.8 Å². The molecule has 0 aliphatic carbocycles. The number of esters is 1. The lowest BCUT2D eigenvalue weighted by atomic mass is 9.73. The summed E-state index contributed by atoms with van der Waals surface area (Å²) in [5, 5.41) is 0. The van der Waals surface area contributed by atoms with Crippen molar-refractivity contribution in [3.05, 3.63) is 35.9 Å². The van der Waals surface area contributed by atoms with Gasteiger partial charge in [-0.1, -0.05) is 51.1 Å². The van der Waals surface area contributed by atoms with Crippen LogP contribution in [0.25, 0.3) is 0 Å². The molecule has 1 atom stereocenters. The first kappa shape index (κ1) is 14.7. The van der Waals surface area contributed by atoms with Crippen molar-refractivity contribution in [1.82, 2.24) is 0 Å². The summed E-state index contributed by atoms with van der Waals surface area (Å²) >= 11 is 0. The van der Waals surface area contributed by atoms with Crippen LogP contribution in [0.5, 0.6) is 0 Å². The van der Waals surface area contributed by atoms with E-state index in [0.29, 0.717) is 5.92 Å². The minimum Gasteiger partial charge on any atom is -0.468 e. The summed E-state index contributed by atoms with van der Waals surface area (Å²) in [4.78, 5) is 12.3. The van der Waals surface area contributed by atoms with Gasteiger partial charge in [-0.25, -0.2) is 0 Å². The predicted octanol–water partition coefficient (Wildman–Crippen LogP) is 3.94. The average Bonchev–Trinajstić information content (AvgIpc) is 2.40. The van der Waals surface area contributed by atoms with E-state index in [4.69, 9.17) is 4.74 Å². The molecule has 1 aromatic rings. The zero-order valence-electron chi connectivity index (χ0n) is 11.9. The molecule has 1 unspecified atom stereocenters. The van der Waals surface area contributed by atoms with E-state index in [1.807, 2.05) is 30.3 Å². The van der Waals surface area contributed by atoms with Crippen LogP contribution >= 0.6 is 0 Å². The van der Waals surface area contributed by atoms with Gasteiger partial charge in [-0.3, -0.25) is 4.79 Å². The Bertz CT molecular complexity index is 370. The van der Waals surface area contributed by atoms with Crippen molar-refractivity contribution < 1.29 is 9.53 Å².